The predicted octanol–water partition coefficient (Wildman–Crippen LogP) is -0.949. The molecule has 0 aromatic heterocycles. The second-order valence-electron chi connectivity index (χ2n) is 2.03. The molecule has 1 aliphatic rings. The highest BCUT2D eigenvalue weighted by Crippen LogP contribution is 2.30. The molecule has 1 heterocycles. The molecule has 1 aliphatic heterocycles. The minimum absolute atomic E-state index is 0.732. The standard InChI is InChI=1S/C5H6F2N2O/c1-2-4(6,7)5(3-10)8-9-5/h1,8-10H,3H2. The highest BCUT2D eigenvalue weighted by atomic mass is 19.3. The fraction of sp³-hybridized carbons (Fsp3) is 0.600. The summed E-state index contributed by atoms with van der Waals surface area (Å²) in [5.74, 6) is -2.07. The molecule has 1 saturated heterocycles. The summed E-state index contributed by atoms with van der Waals surface area (Å²) in [7, 11) is 0. The Balaban J connectivity index is 2.74. The lowest BCUT2D eigenvalue weighted by Crippen LogP contribution is -2.43. The van der Waals surface area contributed by atoms with Crippen LogP contribution in [0.25, 0.3) is 0 Å². The summed E-state index contributed by atoms with van der Waals surface area (Å²) in [5, 5.41) is 8.42. The van der Waals surface area contributed by atoms with E-state index < -0.39 is 18.2 Å². The summed E-state index contributed by atoms with van der Waals surface area (Å²) in [6.07, 6.45) is 4.52. The van der Waals surface area contributed by atoms with Crippen molar-refractivity contribution in [3.63, 3.8) is 0 Å². The molecule has 3 N–H and O–H groups in total. The zero-order valence-electron chi connectivity index (χ0n) is 4.99. The largest absolute Gasteiger partial charge is 0.393 e. The van der Waals surface area contributed by atoms with E-state index in [2.05, 4.69) is 17.3 Å². The molecular formula is C5H6F2N2O. The molecule has 0 amide bonds. The summed E-state index contributed by atoms with van der Waals surface area (Å²) >= 11 is 0. The predicted molar refractivity (Wildman–Crippen MR) is 29.9 cm³/mol. The van der Waals surface area contributed by atoms with Crippen molar-refractivity contribution >= 4 is 0 Å². The first kappa shape index (κ1) is 7.41. The Kier molecular flexibility index (Phi) is 1.40. The van der Waals surface area contributed by atoms with Gasteiger partial charge in [0, 0.05) is 0 Å². The molecule has 3 nitrogen and oxygen atoms in total. The average Bonchev–Trinajstić information content (AvgIpc) is 2.67. The first-order valence-corrected chi connectivity index (χ1v) is 2.59. The van der Waals surface area contributed by atoms with E-state index in [-0.39, 0.29) is 0 Å². The third-order valence-electron chi connectivity index (χ3n) is 1.38. The van der Waals surface area contributed by atoms with Crippen molar-refractivity contribution in [2.24, 2.45) is 0 Å². The second-order valence-corrected chi connectivity index (χ2v) is 2.03. The van der Waals surface area contributed by atoms with Gasteiger partial charge in [-0.05, 0) is 5.92 Å². The Bertz CT molecular complexity index is 183. The number of aliphatic hydroxyl groups excluding tert-OH is 1. The van der Waals surface area contributed by atoms with Crippen molar-refractivity contribution in [3.8, 4) is 12.3 Å². The number of aliphatic hydroxyl groups is 1. The zero-order chi connectivity index (χ0) is 7.83. The van der Waals surface area contributed by atoms with Crippen LogP contribution in [0.4, 0.5) is 8.78 Å². The molecule has 0 radical (unpaired) electrons. The summed E-state index contributed by atoms with van der Waals surface area (Å²) < 4.78 is 24.9. The minimum Gasteiger partial charge on any atom is -0.393 e. The van der Waals surface area contributed by atoms with E-state index >= 15 is 0 Å². The van der Waals surface area contributed by atoms with Gasteiger partial charge in [-0.25, -0.2) is 10.9 Å². The highest BCUT2D eigenvalue weighted by molar-refractivity contribution is 5.19. The van der Waals surface area contributed by atoms with Crippen molar-refractivity contribution in [1.29, 1.82) is 0 Å². The molecule has 0 aromatic carbocycles. The third kappa shape index (κ3) is 0.778. The number of hydrazine groups is 1. The van der Waals surface area contributed by atoms with Gasteiger partial charge in [0.05, 0.1) is 6.61 Å². The van der Waals surface area contributed by atoms with Crippen molar-refractivity contribution < 1.29 is 13.9 Å². The Morgan fingerprint density at radius 2 is 2.10 bits per heavy atom. The van der Waals surface area contributed by atoms with Crippen molar-refractivity contribution in [3.05, 3.63) is 0 Å². The van der Waals surface area contributed by atoms with Crippen LogP contribution in [0.2, 0.25) is 0 Å². The van der Waals surface area contributed by atoms with E-state index in [9.17, 15) is 8.78 Å². The van der Waals surface area contributed by atoms with E-state index in [4.69, 9.17) is 5.11 Å². The summed E-state index contributed by atoms with van der Waals surface area (Å²) in [6.45, 7) is -0.732. The van der Waals surface area contributed by atoms with Crippen LogP contribution in [0.15, 0.2) is 0 Å². The summed E-state index contributed by atoms with van der Waals surface area (Å²) in [6, 6.07) is 0. The molecule has 0 spiro atoms. The van der Waals surface area contributed by atoms with E-state index in [0.29, 0.717) is 0 Å². The molecule has 1 rings (SSSR count). The van der Waals surface area contributed by atoms with Gasteiger partial charge in [0.1, 0.15) is 0 Å². The van der Waals surface area contributed by atoms with Crippen molar-refractivity contribution in [1.82, 2.24) is 10.9 Å². The number of hydrogen-bond acceptors (Lipinski definition) is 3. The Morgan fingerprint density at radius 3 is 2.20 bits per heavy atom. The maximum atomic E-state index is 12.5. The van der Waals surface area contributed by atoms with Gasteiger partial charge < -0.3 is 5.11 Å². The smallest absolute Gasteiger partial charge is 0.343 e. The molecule has 0 unspecified atom stereocenters. The molecule has 0 aromatic rings. The number of nitrogens with one attached hydrogen (secondary N) is 2. The monoisotopic (exact) mass is 148 g/mol. The maximum absolute atomic E-state index is 12.5. The fourth-order valence-electron chi connectivity index (χ4n) is 0.534. The lowest BCUT2D eigenvalue weighted by Gasteiger charge is -2.14. The van der Waals surface area contributed by atoms with Crippen LogP contribution in [0, 0.1) is 12.3 Å². The number of terminal acetylenes is 1. The summed E-state index contributed by atoms with van der Waals surface area (Å²) in [5.41, 5.74) is 2.42. The molecule has 10 heavy (non-hydrogen) atoms. The normalized spacial score (nSPS) is 21.8. The van der Waals surface area contributed by atoms with Crippen LogP contribution in [0.3, 0.4) is 0 Å². The van der Waals surface area contributed by atoms with Crippen LogP contribution in [0.5, 0.6) is 0 Å². The number of hydrogen-bond donors (Lipinski definition) is 3. The highest BCUT2D eigenvalue weighted by Gasteiger charge is 2.61. The molecule has 0 atom stereocenters. The maximum Gasteiger partial charge on any atom is 0.343 e. The Morgan fingerprint density at radius 1 is 1.60 bits per heavy atom. The van der Waals surface area contributed by atoms with E-state index in [1.807, 2.05) is 0 Å². The lowest BCUT2D eigenvalue weighted by atomic mass is 10.1. The molecule has 0 bridgehead atoms. The molecular weight excluding hydrogens is 142 g/mol. The molecule has 0 aliphatic carbocycles. The Labute approximate surface area is 56.4 Å². The van der Waals surface area contributed by atoms with E-state index in [1.54, 1.807) is 0 Å². The van der Waals surface area contributed by atoms with Crippen molar-refractivity contribution in [2.45, 2.75) is 11.6 Å². The third-order valence-corrected chi connectivity index (χ3v) is 1.38. The zero-order valence-corrected chi connectivity index (χ0v) is 4.99. The quantitative estimate of drug-likeness (QED) is 0.349. The SMILES string of the molecule is C#CC(F)(F)C1(CO)NN1. The second kappa shape index (κ2) is 1.89. The number of alkyl halides is 2. The van der Waals surface area contributed by atoms with Gasteiger partial charge in [0.2, 0.25) is 0 Å². The van der Waals surface area contributed by atoms with Gasteiger partial charge in [-0.2, -0.15) is 8.78 Å². The van der Waals surface area contributed by atoms with Gasteiger partial charge in [-0.3, -0.25) is 0 Å². The summed E-state index contributed by atoms with van der Waals surface area (Å²) in [4.78, 5) is 0. The van der Waals surface area contributed by atoms with Crippen LogP contribution < -0.4 is 10.9 Å². The van der Waals surface area contributed by atoms with E-state index in [0.717, 1.165) is 0 Å². The van der Waals surface area contributed by atoms with Gasteiger partial charge in [-0.1, -0.05) is 0 Å². The fourth-order valence-corrected chi connectivity index (χ4v) is 0.534. The minimum atomic E-state index is -3.35. The molecule has 0 saturated carbocycles. The van der Waals surface area contributed by atoms with Gasteiger partial charge in [-0.15, -0.1) is 6.42 Å². The average molecular weight is 148 g/mol. The lowest BCUT2D eigenvalue weighted by molar-refractivity contribution is -0.00563. The first-order valence-electron chi connectivity index (χ1n) is 2.59. The van der Waals surface area contributed by atoms with Crippen LogP contribution in [-0.4, -0.2) is 23.3 Å². The molecule has 56 valence electrons. The molecule has 1 fully saturated rings. The van der Waals surface area contributed by atoms with Crippen molar-refractivity contribution in [2.75, 3.05) is 6.61 Å². The topological polar surface area (TPSA) is 64.1 Å². The Hall–Kier alpha value is -0.700. The molecule has 5 heteroatoms. The number of rotatable bonds is 2. The van der Waals surface area contributed by atoms with Crippen LogP contribution >= 0.6 is 0 Å². The van der Waals surface area contributed by atoms with Gasteiger partial charge >= 0.3 is 5.92 Å². The van der Waals surface area contributed by atoms with Gasteiger partial charge in [0.15, 0.2) is 5.66 Å². The number of halogens is 2. The van der Waals surface area contributed by atoms with Crippen LogP contribution in [0.1, 0.15) is 0 Å². The van der Waals surface area contributed by atoms with Crippen LogP contribution in [-0.2, 0) is 0 Å². The van der Waals surface area contributed by atoms with E-state index in [1.165, 1.54) is 5.92 Å². The van der Waals surface area contributed by atoms with Gasteiger partial charge in [0.25, 0.3) is 0 Å². The first-order chi connectivity index (χ1) is 4.58.